The van der Waals surface area contributed by atoms with Gasteiger partial charge in [-0.05, 0) is 5.56 Å². The zero-order valence-corrected chi connectivity index (χ0v) is 7.14. The number of nitro groups is 1. The average molecular weight is 179 g/mol. The maximum atomic E-state index is 10.5. The molecule has 1 fully saturated rings. The second-order valence-corrected chi connectivity index (χ2v) is 3.22. The van der Waals surface area contributed by atoms with Crippen molar-refractivity contribution < 1.29 is 9.66 Å². The molecule has 1 saturated heterocycles. The Morgan fingerprint density at radius 3 is 2.54 bits per heavy atom. The number of hydrogen-bond donors (Lipinski definition) is 0. The van der Waals surface area contributed by atoms with Crippen LogP contribution in [-0.2, 0) is 4.74 Å². The van der Waals surface area contributed by atoms with Crippen LogP contribution in [0.15, 0.2) is 30.3 Å². The van der Waals surface area contributed by atoms with E-state index in [0.29, 0.717) is 0 Å². The van der Waals surface area contributed by atoms with Gasteiger partial charge < -0.3 is 0 Å². The molecule has 1 aliphatic heterocycles. The molecule has 2 rings (SSSR count). The molecule has 0 amide bonds. The molecule has 13 heavy (non-hydrogen) atoms. The van der Waals surface area contributed by atoms with Crippen molar-refractivity contribution in [2.45, 2.75) is 18.8 Å². The molecular formula is C9H9NO3. The van der Waals surface area contributed by atoms with Crippen LogP contribution in [-0.4, -0.2) is 10.6 Å². The van der Waals surface area contributed by atoms with Gasteiger partial charge in [0.1, 0.15) is 0 Å². The second-order valence-electron chi connectivity index (χ2n) is 3.22. The van der Waals surface area contributed by atoms with Crippen molar-refractivity contribution in [3.05, 3.63) is 46.0 Å². The quantitative estimate of drug-likeness (QED) is 0.395. The number of rotatable bonds is 2. The van der Waals surface area contributed by atoms with Crippen LogP contribution in [0.1, 0.15) is 18.6 Å². The molecule has 2 atom stereocenters. The maximum absolute atomic E-state index is 10.5. The molecule has 4 nitrogen and oxygen atoms in total. The first-order chi connectivity index (χ1) is 6.14. The van der Waals surface area contributed by atoms with E-state index in [0.717, 1.165) is 5.56 Å². The van der Waals surface area contributed by atoms with Crippen LogP contribution in [0.3, 0.4) is 0 Å². The Bertz CT molecular complexity index is 338. The SMILES string of the molecule is CC1([N+](=O)[O-])OC1c1ccccc1. The van der Waals surface area contributed by atoms with E-state index in [1.807, 2.05) is 30.3 Å². The molecule has 0 radical (unpaired) electrons. The maximum Gasteiger partial charge on any atom is 0.353 e. The largest absolute Gasteiger partial charge is 0.353 e. The number of benzene rings is 1. The standard InChI is InChI=1S/C9H9NO3/c1-9(10(11)12)8(13-9)7-5-3-2-4-6-7/h2-6,8H,1H3. The Balaban J connectivity index is 2.21. The fourth-order valence-corrected chi connectivity index (χ4v) is 1.35. The molecule has 68 valence electrons. The zero-order chi connectivity index (χ0) is 9.47. The zero-order valence-electron chi connectivity index (χ0n) is 7.14. The summed E-state index contributed by atoms with van der Waals surface area (Å²) in [4.78, 5) is 10.2. The smallest absolute Gasteiger partial charge is 0.294 e. The molecule has 2 unspecified atom stereocenters. The first-order valence-electron chi connectivity index (χ1n) is 4.02. The second kappa shape index (κ2) is 2.53. The number of nitrogens with zero attached hydrogens (tertiary/aromatic N) is 1. The first kappa shape index (κ1) is 8.19. The topological polar surface area (TPSA) is 55.7 Å². The molecule has 1 aliphatic rings. The predicted molar refractivity (Wildman–Crippen MR) is 45.7 cm³/mol. The minimum atomic E-state index is -1.21. The summed E-state index contributed by atoms with van der Waals surface area (Å²) in [6.45, 7) is 1.49. The summed E-state index contributed by atoms with van der Waals surface area (Å²) in [5, 5.41) is 10.5. The van der Waals surface area contributed by atoms with Gasteiger partial charge in [0, 0.05) is 6.92 Å². The highest BCUT2D eigenvalue weighted by molar-refractivity contribution is 5.23. The third-order valence-electron chi connectivity index (χ3n) is 2.25. The van der Waals surface area contributed by atoms with Gasteiger partial charge in [0.2, 0.25) is 0 Å². The monoisotopic (exact) mass is 179 g/mol. The highest BCUT2D eigenvalue weighted by Crippen LogP contribution is 2.49. The van der Waals surface area contributed by atoms with Gasteiger partial charge in [0.25, 0.3) is 0 Å². The minimum Gasteiger partial charge on any atom is -0.294 e. The van der Waals surface area contributed by atoms with Crippen molar-refractivity contribution in [1.82, 2.24) is 0 Å². The van der Waals surface area contributed by atoms with Crippen LogP contribution in [0.4, 0.5) is 0 Å². The van der Waals surface area contributed by atoms with Crippen molar-refractivity contribution >= 4 is 0 Å². The van der Waals surface area contributed by atoms with Crippen LogP contribution in [0, 0.1) is 10.1 Å². The Hall–Kier alpha value is -1.42. The van der Waals surface area contributed by atoms with E-state index in [4.69, 9.17) is 4.74 Å². The van der Waals surface area contributed by atoms with E-state index in [2.05, 4.69) is 0 Å². The number of ether oxygens (including phenoxy) is 1. The molecule has 1 aromatic carbocycles. The third-order valence-corrected chi connectivity index (χ3v) is 2.25. The lowest BCUT2D eigenvalue weighted by molar-refractivity contribution is -0.558. The van der Waals surface area contributed by atoms with E-state index in [1.54, 1.807) is 0 Å². The van der Waals surface area contributed by atoms with Gasteiger partial charge in [-0.1, -0.05) is 30.3 Å². The van der Waals surface area contributed by atoms with E-state index in [-0.39, 0.29) is 11.0 Å². The molecule has 0 aromatic heterocycles. The van der Waals surface area contributed by atoms with Crippen LogP contribution in [0.5, 0.6) is 0 Å². The Labute approximate surface area is 75.3 Å². The van der Waals surface area contributed by atoms with Gasteiger partial charge in [-0.25, -0.2) is 0 Å². The summed E-state index contributed by atoms with van der Waals surface area (Å²) in [5.41, 5.74) is -0.344. The lowest BCUT2D eigenvalue weighted by Crippen LogP contribution is -2.19. The summed E-state index contributed by atoms with van der Waals surface area (Å²) in [5.74, 6) is 0. The molecule has 0 N–H and O–H groups in total. The summed E-state index contributed by atoms with van der Waals surface area (Å²) in [7, 11) is 0. The normalized spacial score (nSPS) is 31.3. The van der Waals surface area contributed by atoms with Crippen LogP contribution >= 0.6 is 0 Å². The molecule has 4 heteroatoms. The van der Waals surface area contributed by atoms with Crippen molar-refractivity contribution in [3.8, 4) is 0 Å². The van der Waals surface area contributed by atoms with Crippen molar-refractivity contribution in [2.75, 3.05) is 0 Å². The van der Waals surface area contributed by atoms with Gasteiger partial charge in [0.05, 0.1) is 4.92 Å². The lowest BCUT2D eigenvalue weighted by atomic mass is 10.1. The van der Waals surface area contributed by atoms with Gasteiger partial charge >= 0.3 is 5.72 Å². The summed E-state index contributed by atoms with van der Waals surface area (Å²) in [6, 6.07) is 9.23. The molecule has 1 aromatic rings. The van der Waals surface area contributed by atoms with Gasteiger partial charge in [-0.15, -0.1) is 0 Å². The fraction of sp³-hybridized carbons (Fsp3) is 0.333. The molecule has 0 saturated carbocycles. The van der Waals surface area contributed by atoms with Crippen molar-refractivity contribution in [1.29, 1.82) is 0 Å². The minimum absolute atomic E-state index is 0.384. The first-order valence-corrected chi connectivity index (χ1v) is 4.02. The third kappa shape index (κ3) is 1.19. The highest BCUT2D eigenvalue weighted by Gasteiger charge is 2.65. The van der Waals surface area contributed by atoms with Crippen molar-refractivity contribution in [3.63, 3.8) is 0 Å². The van der Waals surface area contributed by atoms with E-state index in [1.165, 1.54) is 6.92 Å². The Morgan fingerprint density at radius 1 is 1.46 bits per heavy atom. The van der Waals surface area contributed by atoms with Crippen molar-refractivity contribution in [2.24, 2.45) is 0 Å². The van der Waals surface area contributed by atoms with Gasteiger partial charge in [-0.2, -0.15) is 0 Å². The molecule has 0 aliphatic carbocycles. The van der Waals surface area contributed by atoms with Gasteiger partial charge in [-0.3, -0.25) is 14.9 Å². The van der Waals surface area contributed by atoms with Crippen LogP contribution in [0.2, 0.25) is 0 Å². The number of hydrogen-bond acceptors (Lipinski definition) is 3. The van der Waals surface area contributed by atoms with Gasteiger partial charge in [0.15, 0.2) is 6.10 Å². The van der Waals surface area contributed by atoms with E-state index in [9.17, 15) is 10.1 Å². The molecule has 0 spiro atoms. The molecular weight excluding hydrogens is 170 g/mol. The Kier molecular flexibility index (Phi) is 1.60. The summed E-state index contributed by atoms with van der Waals surface area (Å²) < 4.78 is 5.05. The molecule has 1 heterocycles. The highest BCUT2D eigenvalue weighted by atomic mass is 16.7. The van der Waals surface area contributed by atoms with Crippen LogP contribution < -0.4 is 0 Å². The lowest BCUT2D eigenvalue weighted by Gasteiger charge is -1.96. The fourth-order valence-electron chi connectivity index (χ4n) is 1.35. The summed E-state index contributed by atoms with van der Waals surface area (Å²) >= 11 is 0. The average Bonchev–Trinajstić information content (AvgIpc) is 2.81. The van der Waals surface area contributed by atoms with E-state index >= 15 is 0 Å². The van der Waals surface area contributed by atoms with E-state index < -0.39 is 5.72 Å². The number of epoxide rings is 1. The Morgan fingerprint density at radius 2 is 2.08 bits per heavy atom. The summed E-state index contributed by atoms with van der Waals surface area (Å²) in [6.07, 6.45) is -0.385. The molecule has 0 bridgehead atoms. The van der Waals surface area contributed by atoms with Crippen LogP contribution in [0.25, 0.3) is 0 Å². The predicted octanol–water partition coefficient (Wildman–Crippen LogP) is 1.75.